The van der Waals surface area contributed by atoms with E-state index in [9.17, 15) is 14.0 Å². The van der Waals surface area contributed by atoms with Crippen molar-refractivity contribution in [2.24, 2.45) is 0 Å². The first-order valence-corrected chi connectivity index (χ1v) is 6.87. The summed E-state index contributed by atoms with van der Waals surface area (Å²) in [5.74, 6) is -1.20. The molecule has 0 unspecified atom stereocenters. The number of amides is 1. The molecule has 2 aromatic carbocycles. The average molecular weight is 317 g/mol. The van der Waals surface area contributed by atoms with Gasteiger partial charge in [0.1, 0.15) is 17.1 Å². The van der Waals surface area contributed by atoms with Gasteiger partial charge in [0.15, 0.2) is 6.61 Å². The molecule has 0 bridgehead atoms. The number of esters is 1. The van der Waals surface area contributed by atoms with E-state index in [0.29, 0.717) is 11.4 Å². The van der Waals surface area contributed by atoms with Crippen LogP contribution in [0.5, 0.6) is 5.75 Å². The summed E-state index contributed by atoms with van der Waals surface area (Å²) >= 11 is 0. The van der Waals surface area contributed by atoms with Gasteiger partial charge in [-0.2, -0.15) is 0 Å². The molecule has 0 aromatic heterocycles. The molecule has 2 aromatic rings. The number of anilines is 1. The molecule has 0 aliphatic carbocycles. The fourth-order valence-corrected chi connectivity index (χ4v) is 1.92. The van der Waals surface area contributed by atoms with Gasteiger partial charge in [-0.15, -0.1) is 0 Å². The van der Waals surface area contributed by atoms with Crippen molar-refractivity contribution in [2.45, 2.75) is 6.92 Å². The van der Waals surface area contributed by atoms with Gasteiger partial charge >= 0.3 is 5.97 Å². The van der Waals surface area contributed by atoms with Crippen molar-refractivity contribution < 1.29 is 23.5 Å². The zero-order valence-electron chi connectivity index (χ0n) is 12.8. The molecule has 0 fully saturated rings. The number of carbonyl (C=O) groups is 2. The van der Waals surface area contributed by atoms with Gasteiger partial charge in [0.25, 0.3) is 5.91 Å². The lowest BCUT2D eigenvalue weighted by atomic mass is 10.1. The SMILES string of the molecule is COc1ccc(C)cc1C(=O)OCC(=O)Nc1ccc(F)cc1. The summed E-state index contributed by atoms with van der Waals surface area (Å²) in [6.07, 6.45) is 0. The second-order valence-corrected chi connectivity index (χ2v) is 4.83. The van der Waals surface area contributed by atoms with Crippen LogP contribution in [-0.4, -0.2) is 25.6 Å². The first kappa shape index (κ1) is 16.5. The van der Waals surface area contributed by atoms with Gasteiger partial charge < -0.3 is 14.8 Å². The zero-order chi connectivity index (χ0) is 16.8. The number of methoxy groups -OCH3 is 1. The van der Waals surface area contributed by atoms with Gasteiger partial charge in [0.05, 0.1) is 7.11 Å². The molecule has 0 aliphatic heterocycles. The number of hydrogen-bond donors (Lipinski definition) is 1. The van der Waals surface area contributed by atoms with Crippen molar-refractivity contribution in [3.63, 3.8) is 0 Å². The van der Waals surface area contributed by atoms with Crippen LogP contribution in [0.1, 0.15) is 15.9 Å². The summed E-state index contributed by atoms with van der Waals surface area (Å²) in [6.45, 7) is 1.38. The van der Waals surface area contributed by atoms with Crippen molar-refractivity contribution in [3.8, 4) is 5.75 Å². The van der Waals surface area contributed by atoms with Gasteiger partial charge in [0, 0.05) is 5.69 Å². The van der Waals surface area contributed by atoms with Crippen LogP contribution >= 0.6 is 0 Å². The van der Waals surface area contributed by atoms with Crippen molar-refractivity contribution in [1.82, 2.24) is 0 Å². The maximum atomic E-state index is 12.8. The summed E-state index contributed by atoms with van der Waals surface area (Å²) in [5, 5.41) is 2.50. The summed E-state index contributed by atoms with van der Waals surface area (Å²) in [7, 11) is 1.45. The van der Waals surface area contributed by atoms with Crippen LogP contribution in [0.25, 0.3) is 0 Å². The lowest BCUT2D eigenvalue weighted by molar-refractivity contribution is -0.119. The van der Waals surface area contributed by atoms with E-state index in [4.69, 9.17) is 9.47 Å². The molecule has 6 heteroatoms. The predicted molar refractivity (Wildman–Crippen MR) is 83.0 cm³/mol. The molecular formula is C17H16FNO4. The van der Waals surface area contributed by atoms with Crippen LogP contribution in [0.15, 0.2) is 42.5 Å². The Kier molecular flexibility index (Phi) is 5.30. The number of carbonyl (C=O) groups excluding carboxylic acids is 2. The van der Waals surface area contributed by atoms with Crippen molar-refractivity contribution >= 4 is 17.6 Å². The Bertz CT molecular complexity index is 713. The average Bonchev–Trinajstić information content (AvgIpc) is 2.54. The predicted octanol–water partition coefficient (Wildman–Crippen LogP) is 2.94. The summed E-state index contributed by atoms with van der Waals surface area (Å²) in [4.78, 5) is 23.8. The Morgan fingerprint density at radius 1 is 1.13 bits per heavy atom. The molecule has 0 heterocycles. The van der Waals surface area contributed by atoms with E-state index < -0.39 is 24.3 Å². The van der Waals surface area contributed by atoms with Crippen LogP contribution in [0.4, 0.5) is 10.1 Å². The molecule has 120 valence electrons. The molecule has 2 rings (SSSR count). The third-order valence-electron chi connectivity index (χ3n) is 3.04. The second-order valence-electron chi connectivity index (χ2n) is 4.83. The smallest absolute Gasteiger partial charge is 0.342 e. The fourth-order valence-electron chi connectivity index (χ4n) is 1.92. The van der Waals surface area contributed by atoms with Crippen molar-refractivity contribution in [1.29, 1.82) is 0 Å². The highest BCUT2D eigenvalue weighted by molar-refractivity contribution is 5.96. The van der Waals surface area contributed by atoms with Gasteiger partial charge in [-0.3, -0.25) is 4.79 Å². The summed E-state index contributed by atoms with van der Waals surface area (Å²) in [6, 6.07) is 10.4. The maximum absolute atomic E-state index is 12.8. The van der Waals surface area contributed by atoms with Crippen LogP contribution in [0.3, 0.4) is 0 Å². The highest BCUT2D eigenvalue weighted by Crippen LogP contribution is 2.20. The van der Waals surface area contributed by atoms with E-state index >= 15 is 0 Å². The highest BCUT2D eigenvalue weighted by atomic mass is 19.1. The highest BCUT2D eigenvalue weighted by Gasteiger charge is 2.15. The molecule has 0 spiro atoms. The Labute approximate surface area is 133 Å². The Hall–Kier alpha value is -2.89. The van der Waals surface area contributed by atoms with Crippen LogP contribution in [0, 0.1) is 12.7 Å². The number of benzene rings is 2. The molecule has 0 atom stereocenters. The van der Waals surface area contributed by atoms with Gasteiger partial charge in [-0.1, -0.05) is 11.6 Å². The lowest BCUT2D eigenvalue weighted by Gasteiger charge is -2.10. The van der Waals surface area contributed by atoms with E-state index in [1.165, 1.54) is 31.4 Å². The first-order chi connectivity index (χ1) is 11.0. The Morgan fingerprint density at radius 3 is 2.48 bits per heavy atom. The van der Waals surface area contributed by atoms with Crippen LogP contribution in [0.2, 0.25) is 0 Å². The molecule has 0 aliphatic rings. The van der Waals surface area contributed by atoms with Gasteiger partial charge in [0.2, 0.25) is 0 Å². The Balaban J connectivity index is 1.95. The number of hydrogen-bond acceptors (Lipinski definition) is 4. The minimum Gasteiger partial charge on any atom is -0.496 e. The lowest BCUT2D eigenvalue weighted by Crippen LogP contribution is -2.21. The molecule has 1 amide bonds. The minimum atomic E-state index is -0.653. The third-order valence-corrected chi connectivity index (χ3v) is 3.04. The molecule has 1 N–H and O–H groups in total. The van der Waals surface area contributed by atoms with Gasteiger partial charge in [-0.25, -0.2) is 9.18 Å². The van der Waals surface area contributed by atoms with Crippen molar-refractivity contribution in [3.05, 3.63) is 59.4 Å². The molecule has 0 saturated heterocycles. The van der Waals surface area contributed by atoms with E-state index in [1.54, 1.807) is 18.2 Å². The van der Waals surface area contributed by atoms with Crippen LogP contribution < -0.4 is 10.1 Å². The van der Waals surface area contributed by atoms with E-state index in [2.05, 4.69) is 5.32 Å². The van der Waals surface area contributed by atoms with E-state index in [-0.39, 0.29) is 5.56 Å². The quantitative estimate of drug-likeness (QED) is 0.861. The molecule has 0 saturated carbocycles. The monoisotopic (exact) mass is 317 g/mol. The largest absolute Gasteiger partial charge is 0.496 e. The third kappa shape index (κ3) is 4.54. The fraction of sp³-hybridized carbons (Fsp3) is 0.176. The van der Waals surface area contributed by atoms with E-state index in [0.717, 1.165) is 5.56 Å². The first-order valence-electron chi connectivity index (χ1n) is 6.87. The maximum Gasteiger partial charge on any atom is 0.342 e. The normalized spacial score (nSPS) is 10.0. The number of nitrogens with one attached hydrogen (secondary N) is 1. The molecule has 23 heavy (non-hydrogen) atoms. The number of aryl methyl sites for hydroxylation is 1. The summed E-state index contributed by atoms with van der Waals surface area (Å²) in [5.41, 5.74) is 1.54. The molecular weight excluding hydrogens is 301 g/mol. The minimum absolute atomic E-state index is 0.252. The van der Waals surface area contributed by atoms with E-state index in [1.807, 2.05) is 6.92 Å². The molecule has 5 nitrogen and oxygen atoms in total. The topological polar surface area (TPSA) is 64.6 Å². The zero-order valence-corrected chi connectivity index (χ0v) is 12.8. The molecule has 0 radical (unpaired) electrons. The van der Waals surface area contributed by atoms with Crippen molar-refractivity contribution in [2.75, 3.05) is 19.0 Å². The number of ether oxygens (including phenoxy) is 2. The second kappa shape index (κ2) is 7.40. The Morgan fingerprint density at radius 2 is 1.83 bits per heavy atom. The summed E-state index contributed by atoms with van der Waals surface area (Å²) < 4.78 is 22.9. The van der Waals surface area contributed by atoms with Gasteiger partial charge in [-0.05, 0) is 43.3 Å². The standard InChI is InChI=1S/C17H16FNO4/c1-11-3-8-15(22-2)14(9-11)17(21)23-10-16(20)19-13-6-4-12(18)5-7-13/h3-9H,10H2,1-2H3,(H,19,20). The van der Waals surface area contributed by atoms with Crippen LogP contribution in [-0.2, 0) is 9.53 Å². The number of rotatable bonds is 5. The number of halogens is 1.